The fraction of sp³-hybridized carbons (Fsp3) is 0.389. The van der Waals surface area contributed by atoms with Crippen LogP contribution in [0.25, 0.3) is 0 Å². The van der Waals surface area contributed by atoms with Crippen LogP contribution in [0.3, 0.4) is 0 Å². The van der Waals surface area contributed by atoms with Crippen molar-refractivity contribution >= 4 is 12.1 Å². The molecule has 0 aliphatic carbocycles. The summed E-state index contributed by atoms with van der Waals surface area (Å²) >= 11 is 0. The van der Waals surface area contributed by atoms with Crippen molar-refractivity contribution in [3.8, 4) is 0 Å². The van der Waals surface area contributed by atoms with Gasteiger partial charge in [-0.1, -0.05) is 30.3 Å². The zero-order valence-corrected chi connectivity index (χ0v) is 15.1. The number of aromatic carboxylic acids is 1. The SMILES string of the molecule is Cc1nn(C)c(C(=O)O)c1C(O)C(O)CCNC(=O)OCc1ccccc1. The number of carboxylic acids is 1. The molecule has 146 valence electrons. The molecule has 0 saturated carbocycles. The van der Waals surface area contributed by atoms with Gasteiger partial charge < -0.3 is 25.4 Å². The van der Waals surface area contributed by atoms with Gasteiger partial charge in [-0.15, -0.1) is 0 Å². The number of aliphatic hydroxyl groups excluding tert-OH is 2. The fourth-order valence-electron chi connectivity index (χ4n) is 2.73. The molecule has 0 aliphatic heterocycles. The number of aryl methyl sites for hydroxylation is 2. The number of hydrogen-bond acceptors (Lipinski definition) is 6. The Kier molecular flexibility index (Phi) is 6.91. The van der Waals surface area contributed by atoms with E-state index in [2.05, 4.69) is 10.4 Å². The van der Waals surface area contributed by atoms with Gasteiger partial charge in [-0.05, 0) is 18.9 Å². The number of nitrogens with zero attached hydrogens (tertiary/aromatic N) is 2. The largest absolute Gasteiger partial charge is 0.477 e. The maximum Gasteiger partial charge on any atom is 0.407 e. The molecule has 2 atom stereocenters. The first kappa shape index (κ1) is 20.4. The number of alkyl carbamates (subject to hydrolysis) is 1. The van der Waals surface area contributed by atoms with E-state index in [9.17, 15) is 24.9 Å². The highest BCUT2D eigenvalue weighted by Gasteiger charge is 2.29. The summed E-state index contributed by atoms with van der Waals surface area (Å²) in [5.41, 5.74) is 1.03. The van der Waals surface area contributed by atoms with Crippen LogP contribution in [0.15, 0.2) is 30.3 Å². The lowest BCUT2D eigenvalue weighted by atomic mass is 10.00. The normalized spacial score (nSPS) is 13.0. The van der Waals surface area contributed by atoms with Crippen molar-refractivity contribution in [1.82, 2.24) is 15.1 Å². The molecule has 1 amide bonds. The molecule has 4 N–H and O–H groups in total. The van der Waals surface area contributed by atoms with Crippen LogP contribution in [0.4, 0.5) is 4.79 Å². The molecule has 9 heteroatoms. The van der Waals surface area contributed by atoms with Crippen molar-refractivity contribution in [2.24, 2.45) is 7.05 Å². The van der Waals surface area contributed by atoms with Gasteiger partial charge in [-0.2, -0.15) is 5.10 Å². The van der Waals surface area contributed by atoms with E-state index in [-0.39, 0.29) is 30.8 Å². The molecule has 0 saturated heterocycles. The Balaban J connectivity index is 1.84. The molecule has 2 aromatic rings. The minimum absolute atomic E-state index is 0.00893. The molecule has 0 radical (unpaired) electrons. The predicted octanol–water partition coefficient (Wildman–Crippen LogP) is 1.14. The third-order valence-electron chi connectivity index (χ3n) is 4.05. The van der Waals surface area contributed by atoms with Crippen LogP contribution in [0, 0.1) is 6.92 Å². The molecule has 0 aliphatic rings. The number of carbonyl (C=O) groups is 2. The van der Waals surface area contributed by atoms with Gasteiger partial charge in [0.2, 0.25) is 0 Å². The van der Waals surface area contributed by atoms with Crippen LogP contribution in [0.2, 0.25) is 0 Å². The smallest absolute Gasteiger partial charge is 0.407 e. The number of ether oxygens (including phenoxy) is 1. The average molecular weight is 377 g/mol. The van der Waals surface area contributed by atoms with Crippen molar-refractivity contribution < 1.29 is 29.6 Å². The number of aromatic nitrogens is 2. The van der Waals surface area contributed by atoms with E-state index in [4.69, 9.17) is 4.74 Å². The van der Waals surface area contributed by atoms with Crippen molar-refractivity contribution in [3.05, 3.63) is 52.8 Å². The van der Waals surface area contributed by atoms with Gasteiger partial charge in [0.1, 0.15) is 12.7 Å². The van der Waals surface area contributed by atoms with Crippen molar-refractivity contribution in [3.63, 3.8) is 0 Å². The topological polar surface area (TPSA) is 134 Å². The first-order valence-corrected chi connectivity index (χ1v) is 8.38. The maximum atomic E-state index is 11.7. The van der Waals surface area contributed by atoms with E-state index in [1.807, 2.05) is 30.3 Å². The zero-order chi connectivity index (χ0) is 20.0. The van der Waals surface area contributed by atoms with Crippen LogP contribution < -0.4 is 5.32 Å². The third kappa shape index (κ3) is 5.28. The summed E-state index contributed by atoms with van der Waals surface area (Å²) in [6, 6.07) is 9.17. The molecule has 2 unspecified atom stereocenters. The third-order valence-corrected chi connectivity index (χ3v) is 4.05. The molecule has 1 aromatic carbocycles. The van der Waals surface area contributed by atoms with Gasteiger partial charge in [-0.3, -0.25) is 4.68 Å². The Hall–Kier alpha value is -2.91. The summed E-state index contributed by atoms with van der Waals surface area (Å²) in [6.45, 7) is 1.72. The molecule has 0 bridgehead atoms. The van der Waals surface area contributed by atoms with Gasteiger partial charge in [0, 0.05) is 19.2 Å². The summed E-state index contributed by atoms with van der Waals surface area (Å²) in [7, 11) is 1.45. The van der Waals surface area contributed by atoms with E-state index in [0.29, 0.717) is 5.69 Å². The second kappa shape index (κ2) is 9.15. The van der Waals surface area contributed by atoms with Gasteiger partial charge in [0.25, 0.3) is 0 Å². The van der Waals surface area contributed by atoms with E-state index in [0.717, 1.165) is 10.2 Å². The van der Waals surface area contributed by atoms with Gasteiger partial charge >= 0.3 is 12.1 Å². The van der Waals surface area contributed by atoms with Gasteiger partial charge in [0.15, 0.2) is 5.69 Å². The summed E-state index contributed by atoms with van der Waals surface area (Å²) < 4.78 is 6.18. The van der Waals surface area contributed by atoms with Crippen LogP contribution in [0.1, 0.15) is 39.8 Å². The lowest BCUT2D eigenvalue weighted by molar-refractivity contribution is 0.0123. The lowest BCUT2D eigenvalue weighted by Gasteiger charge is -2.18. The highest BCUT2D eigenvalue weighted by molar-refractivity contribution is 5.88. The zero-order valence-electron chi connectivity index (χ0n) is 15.1. The highest BCUT2D eigenvalue weighted by atomic mass is 16.5. The monoisotopic (exact) mass is 377 g/mol. The minimum Gasteiger partial charge on any atom is -0.477 e. The molecule has 1 aromatic heterocycles. The molecular weight excluding hydrogens is 354 g/mol. The summed E-state index contributed by atoms with van der Waals surface area (Å²) in [4.78, 5) is 23.0. The Morgan fingerprint density at radius 3 is 2.56 bits per heavy atom. The number of hydrogen-bond donors (Lipinski definition) is 4. The Labute approximate surface area is 156 Å². The summed E-state index contributed by atoms with van der Waals surface area (Å²) in [6.07, 6.45) is -3.36. The van der Waals surface area contributed by atoms with Crippen molar-refractivity contribution in [1.29, 1.82) is 0 Å². The molecule has 9 nitrogen and oxygen atoms in total. The summed E-state index contributed by atoms with van der Waals surface area (Å²) in [5, 5.41) is 36.2. The van der Waals surface area contributed by atoms with E-state index < -0.39 is 24.3 Å². The Morgan fingerprint density at radius 1 is 1.26 bits per heavy atom. The second-order valence-electron chi connectivity index (χ2n) is 6.07. The van der Waals surface area contributed by atoms with Crippen LogP contribution in [-0.4, -0.2) is 49.8 Å². The van der Waals surface area contributed by atoms with Crippen molar-refractivity contribution in [2.75, 3.05) is 6.54 Å². The Morgan fingerprint density at radius 2 is 1.93 bits per heavy atom. The first-order valence-electron chi connectivity index (χ1n) is 8.38. The number of carboxylic acid groups (broad SMARTS) is 1. The predicted molar refractivity (Wildman–Crippen MR) is 95.1 cm³/mol. The molecule has 1 heterocycles. The second-order valence-corrected chi connectivity index (χ2v) is 6.07. The number of amides is 1. The number of aliphatic hydroxyl groups is 2. The van der Waals surface area contributed by atoms with Crippen LogP contribution >= 0.6 is 0 Å². The van der Waals surface area contributed by atoms with Gasteiger partial charge in [0.05, 0.1) is 11.8 Å². The maximum absolute atomic E-state index is 11.7. The number of rotatable bonds is 8. The lowest BCUT2D eigenvalue weighted by Crippen LogP contribution is -2.30. The summed E-state index contributed by atoms with van der Waals surface area (Å²) in [5.74, 6) is -1.25. The van der Waals surface area contributed by atoms with E-state index in [1.165, 1.54) is 7.05 Å². The number of carbonyl (C=O) groups excluding carboxylic acids is 1. The van der Waals surface area contributed by atoms with Crippen molar-refractivity contribution in [2.45, 2.75) is 32.2 Å². The van der Waals surface area contributed by atoms with Gasteiger partial charge in [-0.25, -0.2) is 9.59 Å². The number of nitrogens with one attached hydrogen (secondary N) is 1. The van der Waals surface area contributed by atoms with Crippen LogP contribution in [0.5, 0.6) is 0 Å². The molecule has 0 fully saturated rings. The first-order chi connectivity index (χ1) is 12.8. The molecule has 0 spiro atoms. The quantitative estimate of drug-likeness (QED) is 0.542. The van der Waals surface area contributed by atoms with E-state index >= 15 is 0 Å². The average Bonchev–Trinajstić information content (AvgIpc) is 2.94. The minimum atomic E-state index is -1.44. The molecular formula is C18H23N3O6. The number of benzene rings is 1. The van der Waals surface area contributed by atoms with Crippen LogP contribution in [-0.2, 0) is 18.4 Å². The molecule has 27 heavy (non-hydrogen) atoms. The van der Waals surface area contributed by atoms with E-state index in [1.54, 1.807) is 6.92 Å². The fourth-order valence-corrected chi connectivity index (χ4v) is 2.73. The molecule has 2 rings (SSSR count). The standard InChI is InChI=1S/C18H23N3O6/c1-11-14(15(17(24)25)21(2)20-11)16(23)13(22)8-9-19-18(26)27-10-12-6-4-3-5-7-12/h3-7,13,16,22-23H,8-10H2,1-2H3,(H,19,26)(H,24,25). The highest BCUT2D eigenvalue weighted by Crippen LogP contribution is 2.25. The Bertz CT molecular complexity index is 790.